The summed E-state index contributed by atoms with van der Waals surface area (Å²) in [5.41, 5.74) is 6.95. The summed E-state index contributed by atoms with van der Waals surface area (Å²) in [6.07, 6.45) is 0.944. The molecule has 1 aliphatic heterocycles. The van der Waals surface area contributed by atoms with E-state index in [9.17, 15) is 14.4 Å². The van der Waals surface area contributed by atoms with Crippen molar-refractivity contribution in [2.75, 3.05) is 6.54 Å². The van der Waals surface area contributed by atoms with Crippen molar-refractivity contribution in [2.45, 2.75) is 44.9 Å². The van der Waals surface area contributed by atoms with Crippen molar-refractivity contribution >= 4 is 17.9 Å². The van der Waals surface area contributed by atoms with Crippen LogP contribution in [0.3, 0.4) is 0 Å². The zero-order chi connectivity index (χ0) is 19.1. The highest BCUT2D eigenvalue weighted by Gasteiger charge is 2.36. The Bertz CT molecular complexity index is 675. The van der Waals surface area contributed by atoms with Crippen LogP contribution >= 0.6 is 0 Å². The van der Waals surface area contributed by atoms with Gasteiger partial charge in [0.15, 0.2) is 0 Å². The second-order valence-electron chi connectivity index (χ2n) is 6.52. The third-order valence-corrected chi connectivity index (χ3v) is 4.21. The molecule has 26 heavy (non-hydrogen) atoms. The first-order valence-corrected chi connectivity index (χ1v) is 8.60. The monoisotopic (exact) mass is 359 g/mol. The number of ether oxygens (including phenoxy) is 1. The van der Waals surface area contributed by atoms with Gasteiger partial charge < -0.3 is 15.8 Å². The normalized spacial score (nSPS) is 17.4. The van der Waals surface area contributed by atoms with Crippen LogP contribution in [0.4, 0.5) is 4.79 Å². The van der Waals surface area contributed by atoms with Crippen LogP contribution in [0.5, 0.6) is 0 Å². The molecule has 1 aliphatic rings. The van der Waals surface area contributed by atoms with Gasteiger partial charge in [0.2, 0.25) is 11.8 Å². The van der Waals surface area contributed by atoms with Gasteiger partial charge in [0, 0.05) is 6.54 Å². The summed E-state index contributed by atoms with van der Waals surface area (Å²) >= 11 is 0. The van der Waals surface area contributed by atoms with Gasteiger partial charge in [0.1, 0.15) is 18.7 Å². The van der Waals surface area contributed by atoms with E-state index in [4.69, 9.17) is 10.5 Å². The lowest BCUT2D eigenvalue weighted by atomic mass is 10.1. The quantitative estimate of drug-likeness (QED) is 0.724. The molecule has 2 rings (SSSR count). The van der Waals surface area contributed by atoms with Gasteiger partial charge in [-0.2, -0.15) is 0 Å². The molecule has 140 valence electrons. The van der Waals surface area contributed by atoms with Crippen molar-refractivity contribution in [3.05, 3.63) is 48.0 Å². The number of rotatable bonds is 7. The minimum Gasteiger partial charge on any atom is -0.445 e. The van der Waals surface area contributed by atoms with Gasteiger partial charge in [-0.25, -0.2) is 4.79 Å². The minimum absolute atomic E-state index is 0.143. The van der Waals surface area contributed by atoms with Gasteiger partial charge in [-0.3, -0.25) is 14.5 Å². The third-order valence-electron chi connectivity index (χ3n) is 4.21. The van der Waals surface area contributed by atoms with Crippen LogP contribution < -0.4 is 11.1 Å². The molecule has 7 heteroatoms. The van der Waals surface area contributed by atoms with Crippen LogP contribution in [0.1, 0.15) is 31.7 Å². The Balaban J connectivity index is 1.95. The van der Waals surface area contributed by atoms with Crippen LogP contribution in [-0.4, -0.2) is 41.4 Å². The summed E-state index contributed by atoms with van der Waals surface area (Å²) in [6.45, 7) is 6.07. The highest BCUT2D eigenvalue weighted by atomic mass is 16.6. The minimum atomic E-state index is -0.831. The summed E-state index contributed by atoms with van der Waals surface area (Å²) < 4.78 is 5.31. The van der Waals surface area contributed by atoms with E-state index in [1.165, 1.54) is 4.90 Å². The zero-order valence-corrected chi connectivity index (χ0v) is 14.9. The Labute approximate surface area is 153 Å². The van der Waals surface area contributed by atoms with Crippen molar-refractivity contribution in [1.82, 2.24) is 10.2 Å². The third kappa shape index (κ3) is 5.34. The first kappa shape index (κ1) is 19.5. The lowest BCUT2D eigenvalue weighted by Crippen LogP contribution is -2.52. The molecule has 0 radical (unpaired) electrons. The van der Waals surface area contributed by atoms with Crippen LogP contribution in [0.2, 0.25) is 0 Å². The Morgan fingerprint density at radius 2 is 2.04 bits per heavy atom. The number of benzene rings is 1. The fraction of sp³-hybridized carbons (Fsp3) is 0.421. The van der Waals surface area contributed by atoms with Crippen LogP contribution in [0.15, 0.2) is 42.5 Å². The van der Waals surface area contributed by atoms with E-state index in [1.807, 2.05) is 30.3 Å². The molecule has 3 amide bonds. The number of likely N-dealkylation sites (tertiary alicyclic amines) is 1. The lowest BCUT2D eigenvalue weighted by molar-refractivity contribution is -0.129. The molecule has 0 saturated carbocycles. The molecule has 2 atom stereocenters. The predicted molar refractivity (Wildman–Crippen MR) is 96.9 cm³/mol. The van der Waals surface area contributed by atoms with E-state index in [2.05, 4.69) is 11.9 Å². The van der Waals surface area contributed by atoms with Gasteiger partial charge in [0.25, 0.3) is 0 Å². The van der Waals surface area contributed by atoms with Gasteiger partial charge in [-0.1, -0.05) is 35.9 Å². The number of nitrogens with zero attached hydrogens (tertiary/aromatic N) is 1. The molecule has 0 bridgehead atoms. The highest BCUT2D eigenvalue weighted by molar-refractivity contribution is 5.91. The molecule has 1 fully saturated rings. The second-order valence-corrected chi connectivity index (χ2v) is 6.52. The number of carbonyl (C=O) groups is 3. The van der Waals surface area contributed by atoms with E-state index < -0.39 is 30.0 Å². The van der Waals surface area contributed by atoms with Gasteiger partial charge in [0.05, 0.1) is 0 Å². The highest BCUT2D eigenvalue weighted by Crippen LogP contribution is 2.19. The number of nitrogens with one attached hydrogen (secondary N) is 1. The van der Waals surface area contributed by atoms with E-state index in [1.54, 1.807) is 6.92 Å². The maximum atomic E-state index is 12.5. The fourth-order valence-corrected chi connectivity index (χ4v) is 2.90. The van der Waals surface area contributed by atoms with E-state index in [-0.39, 0.29) is 13.0 Å². The van der Waals surface area contributed by atoms with Crippen LogP contribution in [-0.2, 0) is 20.9 Å². The fourth-order valence-electron chi connectivity index (χ4n) is 2.90. The molecular formula is C19H25N3O4. The van der Waals surface area contributed by atoms with Crippen LogP contribution in [0, 0.1) is 0 Å². The molecule has 1 saturated heterocycles. The molecule has 0 aliphatic carbocycles. The Morgan fingerprint density at radius 3 is 2.65 bits per heavy atom. The summed E-state index contributed by atoms with van der Waals surface area (Å²) in [7, 11) is 0. The van der Waals surface area contributed by atoms with Crippen molar-refractivity contribution in [3.8, 4) is 0 Å². The number of primary amides is 1. The molecule has 0 spiro atoms. The average Bonchev–Trinajstić information content (AvgIpc) is 3.09. The smallest absolute Gasteiger partial charge is 0.410 e. The first-order chi connectivity index (χ1) is 12.4. The molecule has 1 heterocycles. The van der Waals surface area contributed by atoms with Gasteiger partial charge >= 0.3 is 6.09 Å². The topological polar surface area (TPSA) is 102 Å². The Kier molecular flexibility index (Phi) is 6.77. The number of nitrogens with two attached hydrogens (primary N) is 1. The maximum absolute atomic E-state index is 12.5. The average molecular weight is 359 g/mol. The summed E-state index contributed by atoms with van der Waals surface area (Å²) in [4.78, 5) is 37.8. The second kappa shape index (κ2) is 9.03. The zero-order valence-electron chi connectivity index (χ0n) is 14.9. The molecule has 1 aromatic rings. The summed E-state index contributed by atoms with van der Waals surface area (Å²) in [6, 6.07) is 7.83. The van der Waals surface area contributed by atoms with E-state index >= 15 is 0 Å². The van der Waals surface area contributed by atoms with Crippen LogP contribution in [0.25, 0.3) is 0 Å². The lowest BCUT2D eigenvalue weighted by Gasteiger charge is -2.25. The summed E-state index contributed by atoms with van der Waals surface area (Å²) in [5.74, 6) is -1.03. The number of hydrogen-bond donors (Lipinski definition) is 2. The van der Waals surface area contributed by atoms with Gasteiger partial charge in [-0.15, -0.1) is 6.58 Å². The molecule has 0 aromatic heterocycles. The molecule has 3 N–H and O–H groups in total. The van der Waals surface area contributed by atoms with Crippen molar-refractivity contribution < 1.29 is 19.1 Å². The first-order valence-electron chi connectivity index (χ1n) is 8.60. The largest absolute Gasteiger partial charge is 0.445 e. The van der Waals surface area contributed by atoms with E-state index in [0.29, 0.717) is 19.4 Å². The molecular weight excluding hydrogens is 334 g/mol. The number of carbonyl (C=O) groups excluding carboxylic acids is 3. The van der Waals surface area contributed by atoms with Crippen molar-refractivity contribution in [1.29, 1.82) is 0 Å². The summed E-state index contributed by atoms with van der Waals surface area (Å²) in [5, 5.41) is 2.62. The Morgan fingerprint density at radius 1 is 1.35 bits per heavy atom. The molecule has 7 nitrogen and oxygen atoms in total. The Hall–Kier alpha value is -2.83. The number of hydrogen-bond acceptors (Lipinski definition) is 4. The molecule has 1 aromatic carbocycles. The van der Waals surface area contributed by atoms with Crippen molar-refractivity contribution in [2.24, 2.45) is 5.73 Å². The van der Waals surface area contributed by atoms with Crippen molar-refractivity contribution in [3.63, 3.8) is 0 Å². The maximum Gasteiger partial charge on any atom is 0.410 e. The number of amides is 3. The SMILES string of the molecule is C=C(C)C[C@@H](NC(=O)[C@H]1CCCN1C(=O)OCc1ccccc1)C(N)=O. The molecule has 0 unspecified atom stereocenters. The predicted octanol–water partition coefficient (Wildman–Crippen LogP) is 1.72. The van der Waals surface area contributed by atoms with E-state index in [0.717, 1.165) is 11.1 Å². The standard InChI is InChI=1S/C19H25N3O4/c1-13(2)11-15(17(20)23)21-18(24)16-9-6-10-22(16)19(25)26-12-14-7-4-3-5-8-14/h3-5,7-8,15-16H,1,6,9-12H2,2H3,(H2,20,23)(H,21,24)/t15-,16-/m1/s1. The van der Waals surface area contributed by atoms with Gasteiger partial charge in [-0.05, 0) is 31.7 Å².